The van der Waals surface area contributed by atoms with Crippen LogP contribution in [-0.4, -0.2) is 50.4 Å². The smallest absolute Gasteiger partial charge is 0.293 e. The molecule has 0 aliphatic carbocycles. The molecule has 1 unspecified atom stereocenters. The first-order valence-corrected chi connectivity index (χ1v) is 13.7. The number of rotatable bonds is 7. The number of hydrazone groups is 1. The average molecular weight is 557 g/mol. The van der Waals surface area contributed by atoms with E-state index in [1.807, 2.05) is 83.1 Å². The zero-order valence-corrected chi connectivity index (χ0v) is 24.6. The van der Waals surface area contributed by atoms with Crippen molar-refractivity contribution >= 4 is 22.5 Å². The van der Waals surface area contributed by atoms with Crippen LogP contribution in [0.3, 0.4) is 0 Å². The number of aromatic nitrogens is 4. The highest BCUT2D eigenvalue weighted by molar-refractivity contribution is 6.03. The van der Waals surface area contributed by atoms with Gasteiger partial charge in [0.05, 0.1) is 43.4 Å². The fraction of sp³-hybridized carbons (Fsp3) is 0.387. The van der Waals surface area contributed by atoms with Crippen LogP contribution in [0.25, 0.3) is 10.9 Å². The quantitative estimate of drug-likeness (QED) is 0.322. The maximum atomic E-state index is 13.9. The predicted molar refractivity (Wildman–Crippen MR) is 158 cm³/mol. The molecule has 1 amide bonds. The fourth-order valence-corrected chi connectivity index (χ4v) is 5.12. The van der Waals surface area contributed by atoms with Crippen molar-refractivity contribution in [2.75, 3.05) is 14.2 Å². The highest BCUT2D eigenvalue weighted by Gasteiger charge is 2.34. The van der Waals surface area contributed by atoms with E-state index in [4.69, 9.17) is 14.6 Å². The molecular weight excluding hydrogens is 520 g/mol. The molecule has 10 nitrogen and oxygen atoms in total. The number of hydrogen-bond donors (Lipinski definition) is 0. The maximum Gasteiger partial charge on any atom is 0.293 e. The number of methoxy groups -OCH3 is 2. The number of carbonyl (C=O) groups is 1. The molecule has 3 heterocycles. The predicted octanol–water partition coefficient (Wildman–Crippen LogP) is 4.87. The minimum absolute atomic E-state index is 0.0237. The summed E-state index contributed by atoms with van der Waals surface area (Å²) < 4.78 is 13.6. The number of fused-ring (bicyclic) bond motifs is 1. The summed E-state index contributed by atoms with van der Waals surface area (Å²) >= 11 is 0. The van der Waals surface area contributed by atoms with Crippen LogP contribution in [0.5, 0.6) is 11.5 Å². The van der Waals surface area contributed by atoms with Crippen molar-refractivity contribution in [2.45, 2.75) is 65.1 Å². The largest absolute Gasteiger partial charge is 0.497 e. The third-order valence-electron chi connectivity index (χ3n) is 7.27. The molecule has 1 atom stereocenters. The van der Waals surface area contributed by atoms with Crippen LogP contribution in [0.2, 0.25) is 0 Å². The van der Waals surface area contributed by atoms with Gasteiger partial charge in [0, 0.05) is 11.8 Å². The molecule has 1 aliphatic heterocycles. The molecule has 0 radical (unpaired) electrons. The molecule has 0 bridgehead atoms. The minimum Gasteiger partial charge on any atom is -0.497 e. The van der Waals surface area contributed by atoms with Crippen LogP contribution in [0, 0.1) is 0 Å². The van der Waals surface area contributed by atoms with Gasteiger partial charge in [-0.15, -0.1) is 0 Å². The molecular formula is C31H36N6O4. The van der Waals surface area contributed by atoms with Crippen molar-refractivity contribution in [2.24, 2.45) is 5.10 Å². The van der Waals surface area contributed by atoms with Crippen LogP contribution in [0.15, 0.2) is 64.6 Å². The number of hydrogen-bond acceptors (Lipinski definition) is 7. The van der Waals surface area contributed by atoms with E-state index in [9.17, 15) is 9.59 Å². The van der Waals surface area contributed by atoms with Crippen LogP contribution in [0.4, 0.5) is 0 Å². The van der Waals surface area contributed by atoms with Crippen LogP contribution >= 0.6 is 0 Å². The lowest BCUT2D eigenvalue weighted by molar-refractivity contribution is -0.133. The Hall–Kier alpha value is -4.47. The number of benzene rings is 2. The van der Waals surface area contributed by atoms with Crippen molar-refractivity contribution in [3.05, 3.63) is 81.9 Å². The summed E-state index contributed by atoms with van der Waals surface area (Å²) in [6.07, 6.45) is 2.21. The third-order valence-corrected chi connectivity index (χ3v) is 7.27. The van der Waals surface area contributed by atoms with Crippen LogP contribution < -0.4 is 15.0 Å². The van der Waals surface area contributed by atoms with E-state index < -0.39 is 5.54 Å². The van der Waals surface area contributed by atoms with Gasteiger partial charge in [0.25, 0.3) is 11.5 Å². The summed E-state index contributed by atoms with van der Waals surface area (Å²) in [6.45, 7) is 9.74. The SMILES string of the molecule is COc1ccc(C2=NN(C(=O)Cn3nc(C(C)C)c4cnn(C(C)(C)C)c4c3=O)C(c3ccc(OC)cc3)C2)cc1. The zero-order valence-electron chi connectivity index (χ0n) is 24.6. The summed E-state index contributed by atoms with van der Waals surface area (Å²) in [6, 6.07) is 14.9. The van der Waals surface area contributed by atoms with E-state index in [1.54, 1.807) is 25.1 Å². The second-order valence-electron chi connectivity index (χ2n) is 11.5. The Morgan fingerprint density at radius 1 is 1.00 bits per heavy atom. The van der Waals surface area contributed by atoms with Gasteiger partial charge in [-0.25, -0.2) is 9.69 Å². The van der Waals surface area contributed by atoms with Gasteiger partial charge in [-0.05, 0) is 74.2 Å². The first-order valence-electron chi connectivity index (χ1n) is 13.7. The number of ether oxygens (including phenoxy) is 2. The van der Waals surface area contributed by atoms with Crippen molar-refractivity contribution < 1.29 is 14.3 Å². The summed E-state index contributed by atoms with van der Waals surface area (Å²) in [5.74, 6) is 1.15. The van der Waals surface area contributed by atoms with Crippen molar-refractivity contribution in [3.8, 4) is 11.5 Å². The second-order valence-corrected chi connectivity index (χ2v) is 11.5. The van der Waals surface area contributed by atoms with Crippen molar-refractivity contribution in [1.82, 2.24) is 24.6 Å². The van der Waals surface area contributed by atoms with E-state index in [0.717, 1.165) is 34.0 Å². The van der Waals surface area contributed by atoms with Crippen LogP contribution in [0.1, 0.15) is 69.8 Å². The standard InChI is InChI=1S/C31H36N6O4/c1-19(2)28-24-17-32-37(31(3,4)5)29(24)30(39)35(34-28)18-27(38)36-26(21-10-14-23(41-7)15-11-21)16-25(33-36)20-8-12-22(40-6)13-9-20/h8-15,17,19,26H,16,18H2,1-7H3. The van der Waals surface area contributed by atoms with Gasteiger partial charge in [0.2, 0.25) is 0 Å². The third kappa shape index (κ3) is 5.33. The topological polar surface area (TPSA) is 104 Å². The van der Waals surface area contributed by atoms with E-state index in [2.05, 4.69) is 10.2 Å². The molecule has 2 aromatic carbocycles. The molecule has 0 N–H and O–H groups in total. The average Bonchev–Trinajstić information content (AvgIpc) is 3.61. The lowest BCUT2D eigenvalue weighted by Crippen LogP contribution is -2.37. The molecule has 0 fully saturated rings. The van der Waals surface area contributed by atoms with Gasteiger partial charge in [0.15, 0.2) is 0 Å². The molecule has 1 aliphatic rings. The molecule has 10 heteroatoms. The monoisotopic (exact) mass is 556 g/mol. The van der Waals surface area contributed by atoms with Gasteiger partial charge in [-0.3, -0.25) is 14.3 Å². The maximum absolute atomic E-state index is 13.9. The van der Waals surface area contributed by atoms with Gasteiger partial charge in [-0.1, -0.05) is 26.0 Å². The van der Waals surface area contributed by atoms with E-state index in [-0.39, 0.29) is 30.0 Å². The molecule has 214 valence electrons. The fourth-order valence-electron chi connectivity index (χ4n) is 5.12. The van der Waals surface area contributed by atoms with Crippen molar-refractivity contribution in [3.63, 3.8) is 0 Å². The van der Waals surface area contributed by atoms with Gasteiger partial charge < -0.3 is 9.47 Å². The van der Waals surface area contributed by atoms with Gasteiger partial charge >= 0.3 is 0 Å². The highest BCUT2D eigenvalue weighted by atomic mass is 16.5. The first kappa shape index (κ1) is 28.1. The Morgan fingerprint density at radius 2 is 1.61 bits per heavy atom. The second kappa shape index (κ2) is 10.8. The highest BCUT2D eigenvalue weighted by Crippen LogP contribution is 2.34. The Labute approximate surface area is 239 Å². The normalized spacial score (nSPS) is 15.5. The molecule has 2 aromatic heterocycles. The molecule has 5 rings (SSSR count). The molecule has 0 saturated carbocycles. The summed E-state index contributed by atoms with van der Waals surface area (Å²) in [4.78, 5) is 27.7. The molecule has 0 spiro atoms. The van der Waals surface area contributed by atoms with Gasteiger partial charge in [0.1, 0.15) is 23.6 Å². The van der Waals surface area contributed by atoms with Crippen molar-refractivity contribution in [1.29, 1.82) is 0 Å². The molecule has 4 aromatic rings. The van der Waals surface area contributed by atoms with E-state index in [0.29, 0.717) is 17.3 Å². The Balaban J connectivity index is 1.56. The summed E-state index contributed by atoms with van der Waals surface area (Å²) in [5.41, 5.74) is 2.96. The zero-order chi connectivity index (χ0) is 29.5. The van der Waals surface area contributed by atoms with Crippen LogP contribution in [-0.2, 0) is 16.9 Å². The summed E-state index contributed by atoms with van der Waals surface area (Å²) in [7, 11) is 3.23. The molecule has 0 saturated heterocycles. The van der Waals surface area contributed by atoms with E-state index in [1.165, 1.54) is 9.69 Å². The number of amides is 1. The first-order chi connectivity index (χ1) is 19.5. The Morgan fingerprint density at radius 3 is 2.17 bits per heavy atom. The lowest BCUT2D eigenvalue weighted by Gasteiger charge is -2.23. The van der Waals surface area contributed by atoms with Gasteiger partial charge in [-0.2, -0.15) is 15.3 Å². The summed E-state index contributed by atoms with van der Waals surface area (Å²) in [5, 5.41) is 16.1. The molecule has 41 heavy (non-hydrogen) atoms. The minimum atomic E-state index is -0.426. The Kier molecular flexibility index (Phi) is 7.42. The lowest BCUT2D eigenvalue weighted by atomic mass is 9.98. The van der Waals surface area contributed by atoms with E-state index >= 15 is 0 Å². The Bertz CT molecular complexity index is 1660. The number of nitrogens with zero attached hydrogens (tertiary/aromatic N) is 6. The number of carbonyl (C=O) groups excluding carboxylic acids is 1.